The van der Waals surface area contributed by atoms with E-state index in [0.29, 0.717) is 11.3 Å². The van der Waals surface area contributed by atoms with Crippen molar-refractivity contribution in [3.05, 3.63) is 82.0 Å². The molecule has 3 aromatic rings. The number of ether oxygens (including phenoxy) is 1. The summed E-state index contributed by atoms with van der Waals surface area (Å²) in [6, 6.07) is 12.0. The van der Waals surface area contributed by atoms with E-state index in [1.54, 1.807) is 19.1 Å². The van der Waals surface area contributed by atoms with Crippen molar-refractivity contribution >= 4 is 5.91 Å². The van der Waals surface area contributed by atoms with Crippen LogP contribution in [0.3, 0.4) is 0 Å². The second-order valence-corrected chi connectivity index (χ2v) is 6.84. The van der Waals surface area contributed by atoms with Crippen LogP contribution in [-0.2, 0) is 6.61 Å². The van der Waals surface area contributed by atoms with Crippen molar-refractivity contribution in [2.45, 2.75) is 40.3 Å². The molecule has 1 amide bonds. The Labute approximate surface area is 163 Å². The van der Waals surface area contributed by atoms with Crippen molar-refractivity contribution in [1.82, 2.24) is 10.5 Å². The molecule has 0 spiro atoms. The number of para-hydroxylation sites is 1. The summed E-state index contributed by atoms with van der Waals surface area (Å²) in [4.78, 5) is 12.8. The predicted octanol–water partition coefficient (Wildman–Crippen LogP) is 4.81. The van der Waals surface area contributed by atoms with Gasteiger partial charge in [0.2, 0.25) is 0 Å². The lowest BCUT2D eigenvalue weighted by molar-refractivity contribution is 0.0928. The monoisotopic (exact) mass is 382 g/mol. The summed E-state index contributed by atoms with van der Waals surface area (Å²) in [6.07, 6.45) is 0. The molecule has 6 heteroatoms. The molecule has 0 fully saturated rings. The van der Waals surface area contributed by atoms with Gasteiger partial charge in [0.05, 0.1) is 11.6 Å². The molecule has 2 aromatic carbocycles. The zero-order valence-corrected chi connectivity index (χ0v) is 16.4. The quantitative estimate of drug-likeness (QED) is 0.665. The second kappa shape index (κ2) is 8.25. The Bertz CT molecular complexity index is 997. The summed E-state index contributed by atoms with van der Waals surface area (Å²) in [5, 5.41) is 6.82. The minimum Gasteiger partial charge on any atom is -0.486 e. The van der Waals surface area contributed by atoms with Gasteiger partial charge in [0.1, 0.15) is 12.4 Å². The first-order valence-corrected chi connectivity index (χ1v) is 9.07. The number of aryl methyl sites for hydroxylation is 3. The molecule has 146 valence electrons. The number of amides is 1. The van der Waals surface area contributed by atoms with Gasteiger partial charge < -0.3 is 14.6 Å². The number of nitrogens with one attached hydrogen (secondary N) is 1. The zero-order chi connectivity index (χ0) is 20.3. The lowest BCUT2D eigenvalue weighted by Gasteiger charge is -2.17. The van der Waals surface area contributed by atoms with Gasteiger partial charge in [0, 0.05) is 0 Å². The maximum atomic E-state index is 13.8. The van der Waals surface area contributed by atoms with Gasteiger partial charge >= 0.3 is 0 Å². The molecule has 1 N–H and O–H groups in total. The van der Waals surface area contributed by atoms with Crippen molar-refractivity contribution in [1.29, 1.82) is 0 Å². The SMILES string of the molecule is Cc1ccc(C(C)NC(=O)c2noc(C)c2COc2ccccc2F)c(C)c1. The van der Waals surface area contributed by atoms with Crippen LogP contribution in [0, 0.1) is 26.6 Å². The van der Waals surface area contributed by atoms with Crippen LogP contribution < -0.4 is 10.1 Å². The molecule has 3 rings (SSSR count). The van der Waals surface area contributed by atoms with Gasteiger partial charge in [-0.1, -0.05) is 41.1 Å². The van der Waals surface area contributed by atoms with Gasteiger partial charge in [0.15, 0.2) is 17.3 Å². The standard InChI is InChI=1S/C22H23FN2O3/c1-13-9-10-17(14(2)11-13)15(3)24-22(26)21-18(16(4)28-25-21)12-27-20-8-6-5-7-19(20)23/h5-11,15H,12H2,1-4H3,(H,24,26). The summed E-state index contributed by atoms with van der Waals surface area (Å²) in [6.45, 7) is 7.63. The third-order valence-corrected chi connectivity index (χ3v) is 4.65. The number of halogens is 1. The molecular formula is C22H23FN2O3. The van der Waals surface area contributed by atoms with Crippen LogP contribution >= 0.6 is 0 Å². The third-order valence-electron chi connectivity index (χ3n) is 4.65. The lowest BCUT2D eigenvalue weighted by atomic mass is 10.00. The number of hydrogen-bond donors (Lipinski definition) is 1. The van der Waals surface area contributed by atoms with E-state index in [1.165, 1.54) is 17.7 Å². The first-order valence-electron chi connectivity index (χ1n) is 9.07. The van der Waals surface area contributed by atoms with Crippen molar-refractivity contribution in [3.8, 4) is 5.75 Å². The van der Waals surface area contributed by atoms with Gasteiger partial charge in [-0.15, -0.1) is 0 Å². The number of benzene rings is 2. The van der Waals surface area contributed by atoms with Gasteiger partial charge in [-0.3, -0.25) is 4.79 Å². The molecule has 0 aliphatic carbocycles. The molecule has 1 heterocycles. The van der Waals surface area contributed by atoms with Crippen molar-refractivity contribution in [2.75, 3.05) is 0 Å². The van der Waals surface area contributed by atoms with Crippen LogP contribution in [0.15, 0.2) is 47.0 Å². The van der Waals surface area contributed by atoms with Crippen LogP contribution in [0.5, 0.6) is 5.75 Å². The maximum absolute atomic E-state index is 13.8. The molecule has 1 aromatic heterocycles. The molecule has 0 saturated heterocycles. The molecule has 1 atom stereocenters. The number of hydrogen-bond acceptors (Lipinski definition) is 4. The second-order valence-electron chi connectivity index (χ2n) is 6.84. The average molecular weight is 382 g/mol. The van der Waals surface area contributed by atoms with E-state index >= 15 is 0 Å². The topological polar surface area (TPSA) is 64.4 Å². The van der Waals surface area contributed by atoms with Crippen molar-refractivity contribution in [3.63, 3.8) is 0 Å². The van der Waals surface area contributed by atoms with E-state index in [4.69, 9.17) is 9.26 Å². The van der Waals surface area contributed by atoms with E-state index in [-0.39, 0.29) is 30.0 Å². The summed E-state index contributed by atoms with van der Waals surface area (Å²) in [7, 11) is 0. The van der Waals surface area contributed by atoms with Crippen LogP contribution in [0.2, 0.25) is 0 Å². The number of nitrogens with zero attached hydrogens (tertiary/aromatic N) is 1. The van der Waals surface area contributed by atoms with Gasteiger partial charge in [-0.2, -0.15) is 0 Å². The Hall–Kier alpha value is -3.15. The summed E-state index contributed by atoms with van der Waals surface area (Å²) >= 11 is 0. The van der Waals surface area contributed by atoms with Gasteiger partial charge in [-0.05, 0) is 51.0 Å². The van der Waals surface area contributed by atoms with Crippen LogP contribution in [0.1, 0.15) is 51.5 Å². The van der Waals surface area contributed by atoms with Crippen molar-refractivity contribution < 1.29 is 18.4 Å². The smallest absolute Gasteiger partial charge is 0.274 e. The largest absolute Gasteiger partial charge is 0.486 e. The lowest BCUT2D eigenvalue weighted by Crippen LogP contribution is -2.28. The summed E-state index contributed by atoms with van der Waals surface area (Å²) in [5.41, 5.74) is 3.94. The maximum Gasteiger partial charge on any atom is 0.274 e. The first-order chi connectivity index (χ1) is 13.4. The molecular weight excluding hydrogens is 359 g/mol. The fourth-order valence-electron chi connectivity index (χ4n) is 3.11. The molecule has 0 radical (unpaired) electrons. The molecule has 0 aliphatic rings. The zero-order valence-electron chi connectivity index (χ0n) is 16.4. The van der Waals surface area contributed by atoms with Crippen LogP contribution in [-0.4, -0.2) is 11.1 Å². The highest BCUT2D eigenvalue weighted by Crippen LogP contribution is 2.22. The molecule has 0 aliphatic heterocycles. The third kappa shape index (κ3) is 4.22. The van der Waals surface area contributed by atoms with Crippen molar-refractivity contribution in [2.24, 2.45) is 0 Å². The minimum atomic E-state index is -0.467. The van der Waals surface area contributed by atoms with Crippen LogP contribution in [0.25, 0.3) is 0 Å². The van der Waals surface area contributed by atoms with E-state index in [1.807, 2.05) is 32.9 Å². The highest BCUT2D eigenvalue weighted by molar-refractivity contribution is 5.94. The normalized spacial score (nSPS) is 11.9. The fourth-order valence-corrected chi connectivity index (χ4v) is 3.11. The van der Waals surface area contributed by atoms with E-state index < -0.39 is 5.82 Å². The number of aromatic nitrogens is 1. The Balaban J connectivity index is 1.74. The molecule has 0 bridgehead atoms. The molecule has 1 unspecified atom stereocenters. The van der Waals surface area contributed by atoms with Gasteiger partial charge in [-0.25, -0.2) is 4.39 Å². The summed E-state index contributed by atoms with van der Waals surface area (Å²) < 4.78 is 24.5. The number of rotatable bonds is 6. The highest BCUT2D eigenvalue weighted by Gasteiger charge is 2.23. The predicted molar refractivity (Wildman–Crippen MR) is 104 cm³/mol. The Morgan fingerprint density at radius 2 is 1.96 bits per heavy atom. The fraction of sp³-hybridized carbons (Fsp3) is 0.273. The average Bonchev–Trinajstić information content (AvgIpc) is 3.01. The Morgan fingerprint density at radius 1 is 1.21 bits per heavy atom. The molecule has 0 saturated carbocycles. The van der Waals surface area contributed by atoms with Gasteiger partial charge in [0.25, 0.3) is 5.91 Å². The number of carbonyl (C=O) groups is 1. The first kappa shape index (κ1) is 19.6. The Kier molecular flexibility index (Phi) is 5.78. The van der Waals surface area contributed by atoms with Crippen LogP contribution in [0.4, 0.5) is 4.39 Å². The highest BCUT2D eigenvalue weighted by atomic mass is 19.1. The summed E-state index contributed by atoms with van der Waals surface area (Å²) in [5.74, 6) is -0.263. The molecule has 5 nitrogen and oxygen atoms in total. The van der Waals surface area contributed by atoms with E-state index in [0.717, 1.165) is 11.1 Å². The van der Waals surface area contributed by atoms with E-state index in [2.05, 4.69) is 16.5 Å². The number of carbonyl (C=O) groups excluding carboxylic acids is 1. The minimum absolute atomic E-state index is 0.0169. The molecule has 28 heavy (non-hydrogen) atoms. The Morgan fingerprint density at radius 3 is 2.68 bits per heavy atom. The van der Waals surface area contributed by atoms with E-state index in [9.17, 15) is 9.18 Å².